The summed E-state index contributed by atoms with van der Waals surface area (Å²) < 4.78 is 6.52. The molecule has 0 amide bonds. The van der Waals surface area contributed by atoms with E-state index in [9.17, 15) is 0 Å². The second-order valence-electron chi connectivity index (χ2n) is 8.84. The fraction of sp³-hybridized carbons (Fsp3) is 0.423. The van der Waals surface area contributed by atoms with Gasteiger partial charge in [0.05, 0.1) is 0 Å². The van der Waals surface area contributed by atoms with Gasteiger partial charge in [-0.1, -0.05) is 66.3 Å². The minimum atomic E-state index is -0.170. The Morgan fingerprint density at radius 3 is 2.91 bits per heavy atom. The predicted molar refractivity (Wildman–Crippen MR) is 133 cm³/mol. The molecule has 0 spiro atoms. The molecule has 0 radical (unpaired) electrons. The van der Waals surface area contributed by atoms with Crippen LogP contribution < -0.4 is 10.1 Å². The van der Waals surface area contributed by atoms with Gasteiger partial charge in [0.25, 0.3) is 0 Å². The summed E-state index contributed by atoms with van der Waals surface area (Å²) in [5, 5.41) is 13.0. The van der Waals surface area contributed by atoms with E-state index in [4.69, 9.17) is 9.72 Å². The molecule has 3 atom stereocenters. The molecule has 4 rings (SSSR count). The van der Waals surface area contributed by atoms with Crippen molar-refractivity contribution < 1.29 is 4.74 Å². The van der Waals surface area contributed by atoms with E-state index in [2.05, 4.69) is 61.1 Å². The maximum absolute atomic E-state index is 6.52. The molecule has 2 aromatic rings. The van der Waals surface area contributed by atoms with Crippen LogP contribution in [-0.2, 0) is 0 Å². The van der Waals surface area contributed by atoms with Gasteiger partial charge in [0, 0.05) is 22.9 Å². The number of anilines is 1. The van der Waals surface area contributed by atoms with Crippen LogP contribution in [0.25, 0.3) is 11.3 Å². The van der Waals surface area contributed by atoms with Gasteiger partial charge in [-0.05, 0) is 51.5 Å². The first kappa shape index (κ1) is 22.6. The molecule has 1 aliphatic carbocycles. The zero-order valence-corrected chi connectivity index (χ0v) is 20.0. The van der Waals surface area contributed by atoms with Crippen LogP contribution >= 0.6 is 11.8 Å². The molecule has 32 heavy (non-hydrogen) atoms. The van der Waals surface area contributed by atoms with Crippen LogP contribution in [0.2, 0.25) is 0 Å². The van der Waals surface area contributed by atoms with E-state index in [-0.39, 0.29) is 6.23 Å². The highest BCUT2D eigenvalue weighted by Crippen LogP contribution is 2.41. The van der Waals surface area contributed by atoms with Gasteiger partial charge in [-0.25, -0.2) is 0 Å². The lowest BCUT2D eigenvalue weighted by Crippen LogP contribution is -2.39. The minimum absolute atomic E-state index is 0.170. The molecule has 0 bridgehead atoms. The molecule has 0 saturated heterocycles. The summed E-state index contributed by atoms with van der Waals surface area (Å²) in [4.78, 5) is 4.71. The largest absolute Gasteiger partial charge is 0.452 e. The first-order valence-corrected chi connectivity index (χ1v) is 12.4. The third-order valence-corrected chi connectivity index (χ3v) is 6.92. The average Bonchev–Trinajstić information content (AvgIpc) is 2.94. The molecule has 1 aromatic heterocycles. The van der Waals surface area contributed by atoms with E-state index in [0.29, 0.717) is 28.6 Å². The Balaban J connectivity index is 1.59. The summed E-state index contributed by atoms with van der Waals surface area (Å²) in [6.45, 7) is 10.4. The van der Waals surface area contributed by atoms with Gasteiger partial charge >= 0.3 is 0 Å². The van der Waals surface area contributed by atoms with Crippen LogP contribution in [-0.4, -0.2) is 27.2 Å². The second-order valence-corrected chi connectivity index (χ2v) is 9.83. The lowest BCUT2D eigenvalue weighted by Gasteiger charge is -2.35. The summed E-state index contributed by atoms with van der Waals surface area (Å²) in [6.07, 6.45) is 10.8. The zero-order chi connectivity index (χ0) is 22.5. The fourth-order valence-corrected chi connectivity index (χ4v) is 4.93. The molecule has 0 unspecified atom stereocenters. The first-order valence-electron chi connectivity index (χ1n) is 11.4. The van der Waals surface area contributed by atoms with Crippen molar-refractivity contribution in [1.29, 1.82) is 0 Å². The lowest BCUT2D eigenvalue weighted by molar-refractivity contribution is 0.114. The predicted octanol–water partition coefficient (Wildman–Crippen LogP) is 6.67. The van der Waals surface area contributed by atoms with Crippen molar-refractivity contribution in [2.75, 3.05) is 11.1 Å². The number of rotatable bonds is 7. The van der Waals surface area contributed by atoms with Gasteiger partial charge in [0.2, 0.25) is 11.0 Å². The maximum atomic E-state index is 6.52. The Bertz CT molecular complexity index is 1030. The molecular formula is C26H32N4OS. The summed E-state index contributed by atoms with van der Waals surface area (Å²) in [6, 6.07) is 8.17. The molecule has 6 heteroatoms. The summed E-state index contributed by atoms with van der Waals surface area (Å²) in [5.74, 6) is 2.15. The molecular weight excluding hydrogens is 416 g/mol. The van der Waals surface area contributed by atoms with Crippen LogP contribution in [0.1, 0.15) is 46.5 Å². The van der Waals surface area contributed by atoms with Crippen molar-refractivity contribution in [2.24, 2.45) is 11.8 Å². The number of allylic oxidation sites excluding steroid dienone is 4. The monoisotopic (exact) mass is 448 g/mol. The van der Waals surface area contributed by atoms with Crippen LogP contribution in [0.3, 0.4) is 0 Å². The molecule has 2 aliphatic rings. The molecule has 0 saturated carbocycles. The van der Waals surface area contributed by atoms with Gasteiger partial charge < -0.3 is 10.1 Å². The maximum Gasteiger partial charge on any atom is 0.247 e. The van der Waals surface area contributed by atoms with E-state index in [0.717, 1.165) is 42.7 Å². The average molecular weight is 449 g/mol. The first-order chi connectivity index (χ1) is 15.5. The van der Waals surface area contributed by atoms with Gasteiger partial charge in [-0.15, -0.1) is 16.8 Å². The number of aromatic nitrogens is 3. The Kier molecular flexibility index (Phi) is 7.30. The normalized spacial score (nSPS) is 21.7. The SMILES string of the molecule is C=CCSc1nnc2c(n1)O[C@H]([C@H]1CC=C(CCC=C(C)C)C[C@@H]1C)Nc1ccccc1-2. The highest BCUT2D eigenvalue weighted by molar-refractivity contribution is 7.99. The standard InChI is InChI=1S/C26H32N4OS/c1-5-15-32-26-28-25-23(29-30-26)21-11-6-7-12-22(21)27-24(31-25)20-14-13-19(16-18(20)4)10-8-9-17(2)3/h5-7,9,11-13,18,20,24,27H,1,8,10,14-16H2,2-4H3/t18-,20-,24+/m0/s1. The van der Waals surface area contributed by atoms with E-state index in [1.54, 1.807) is 5.57 Å². The molecule has 5 nitrogen and oxygen atoms in total. The number of benzene rings is 1. The molecule has 168 valence electrons. The van der Waals surface area contributed by atoms with E-state index >= 15 is 0 Å². The Hall–Kier alpha value is -2.60. The molecule has 1 N–H and O–H groups in total. The third kappa shape index (κ3) is 5.23. The Labute approximate surface area is 195 Å². The number of hydrogen-bond acceptors (Lipinski definition) is 6. The van der Waals surface area contributed by atoms with Crippen molar-refractivity contribution >= 4 is 17.4 Å². The molecule has 1 aliphatic heterocycles. The minimum Gasteiger partial charge on any atom is -0.452 e. The lowest BCUT2D eigenvalue weighted by atomic mass is 9.78. The number of thioether (sulfide) groups is 1. The van der Waals surface area contributed by atoms with Crippen LogP contribution in [0.4, 0.5) is 5.69 Å². The Morgan fingerprint density at radius 2 is 2.12 bits per heavy atom. The summed E-state index contributed by atoms with van der Waals surface area (Å²) >= 11 is 1.51. The third-order valence-electron chi connectivity index (χ3n) is 6.08. The second kappa shape index (κ2) is 10.3. The smallest absolute Gasteiger partial charge is 0.247 e. The van der Waals surface area contributed by atoms with Crippen molar-refractivity contribution in [3.8, 4) is 17.1 Å². The van der Waals surface area contributed by atoms with Gasteiger partial charge in [-0.2, -0.15) is 4.98 Å². The molecule has 2 heterocycles. The van der Waals surface area contributed by atoms with Crippen molar-refractivity contribution in [1.82, 2.24) is 15.2 Å². The molecule has 0 fully saturated rings. The van der Waals surface area contributed by atoms with Gasteiger partial charge in [-0.3, -0.25) is 0 Å². The van der Waals surface area contributed by atoms with Gasteiger partial charge in [0.1, 0.15) is 0 Å². The zero-order valence-electron chi connectivity index (χ0n) is 19.2. The van der Waals surface area contributed by atoms with Crippen molar-refractivity contribution in [3.63, 3.8) is 0 Å². The van der Waals surface area contributed by atoms with Crippen LogP contribution in [0.5, 0.6) is 5.88 Å². The number of para-hydroxylation sites is 1. The van der Waals surface area contributed by atoms with E-state index in [1.165, 1.54) is 17.3 Å². The number of ether oxygens (including phenoxy) is 1. The number of fused-ring (bicyclic) bond motifs is 3. The summed E-state index contributed by atoms with van der Waals surface area (Å²) in [7, 11) is 0. The number of hydrogen-bond donors (Lipinski definition) is 1. The van der Waals surface area contributed by atoms with Crippen molar-refractivity contribution in [3.05, 3.63) is 60.2 Å². The highest BCUT2D eigenvalue weighted by atomic mass is 32.2. The van der Waals surface area contributed by atoms with Crippen LogP contribution in [0, 0.1) is 11.8 Å². The van der Waals surface area contributed by atoms with Crippen molar-refractivity contribution in [2.45, 2.75) is 57.8 Å². The van der Waals surface area contributed by atoms with Gasteiger partial charge in [0.15, 0.2) is 11.9 Å². The quantitative estimate of drug-likeness (QED) is 0.377. The van der Waals surface area contributed by atoms with Crippen LogP contribution in [0.15, 0.2) is 65.4 Å². The Morgan fingerprint density at radius 1 is 1.28 bits per heavy atom. The molecule has 1 aromatic carbocycles. The van der Waals surface area contributed by atoms with E-state index in [1.807, 2.05) is 24.3 Å². The van der Waals surface area contributed by atoms with E-state index < -0.39 is 0 Å². The number of nitrogens with one attached hydrogen (secondary N) is 1. The number of nitrogens with zero attached hydrogens (tertiary/aromatic N) is 3. The highest BCUT2D eigenvalue weighted by Gasteiger charge is 2.34. The summed E-state index contributed by atoms with van der Waals surface area (Å²) in [5.41, 5.74) is 5.64. The fourth-order valence-electron chi connectivity index (χ4n) is 4.41. The topological polar surface area (TPSA) is 59.9 Å².